The van der Waals surface area contributed by atoms with Crippen LogP contribution in [-0.4, -0.2) is 17.0 Å². The van der Waals surface area contributed by atoms with E-state index in [4.69, 9.17) is 4.74 Å². The first-order valence-electron chi connectivity index (χ1n) is 8.62. The van der Waals surface area contributed by atoms with Crippen molar-refractivity contribution in [1.82, 2.24) is 10.3 Å². The molecule has 0 bridgehead atoms. The number of hydrogen-bond acceptors (Lipinski definition) is 4. The van der Waals surface area contributed by atoms with Crippen LogP contribution in [0, 0.1) is 0 Å². The minimum Gasteiger partial charge on any atom is -0.491 e. The summed E-state index contributed by atoms with van der Waals surface area (Å²) < 4.78 is 6.82. The number of hydrogen-bond donors (Lipinski definition) is 1. The molecular weight excluding hydrogens is 344 g/mol. The lowest BCUT2D eigenvalue weighted by Crippen LogP contribution is -2.24. The zero-order valence-corrected chi connectivity index (χ0v) is 15.9. The second-order valence-electron chi connectivity index (χ2n) is 6.32. The quantitative estimate of drug-likeness (QED) is 0.626. The maximum Gasteiger partial charge on any atom is 0.244 e. The molecule has 134 valence electrons. The average Bonchev–Trinajstić information content (AvgIpc) is 3.02. The first-order chi connectivity index (χ1) is 12.5. The van der Waals surface area contributed by atoms with E-state index in [9.17, 15) is 4.79 Å². The second-order valence-corrected chi connectivity index (χ2v) is 7.38. The summed E-state index contributed by atoms with van der Waals surface area (Å²) in [7, 11) is 0. The van der Waals surface area contributed by atoms with E-state index < -0.39 is 0 Å². The SMILES string of the molecule is CC(C)Oc1cccc(C(C)NC(=O)/C=C/c2nc3ccccc3s2)c1. The van der Waals surface area contributed by atoms with E-state index >= 15 is 0 Å². The van der Waals surface area contributed by atoms with Crippen LogP contribution in [0.3, 0.4) is 0 Å². The van der Waals surface area contributed by atoms with Gasteiger partial charge in [0.15, 0.2) is 0 Å². The normalized spacial score (nSPS) is 12.6. The molecule has 0 spiro atoms. The molecular formula is C21H22N2O2S. The van der Waals surface area contributed by atoms with Crippen molar-refractivity contribution >= 4 is 33.5 Å². The van der Waals surface area contributed by atoms with E-state index in [1.54, 1.807) is 17.4 Å². The number of nitrogens with zero attached hydrogens (tertiary/aromatic N) is 1. The van der Waals surface area contributed by atoms with Gasteiger partial charge in [-0.3, -0.25) is 4.79 Å². The molecule has 0 saturated heterocycles. The van der Waals surface area contributed by atoms with E-state index in [0.29, 0.717) is 0 Å². The number of benzene rings is 2. The minimum atomic E-state index is -0.146. The van der Waals surface area contributed by atoms with Crippen molar-refractivity contribution in [3.05, 3.63) is 65.2 Å². The molecule has 0 aliphatic carbocycles. The first-order valence-corrected chi connectivity index (χ1v) is 9.43. The number of aromatic nitrogens is 1. The Hall–Kier alpha value is -2.66. The predicted octanol–water partition coefficient (Wildman–Crippen LogP) is 4.97. The molecule has 3 rings (SSSR count). The highest BCUT2D eigenvalue weighted by Gasteiger charge is 2.09. The Labute approximate surface area is 157 Å². The minimum absolute atomic E-state index is 0.113. The number of amides is 1. The van der Waals surface area contributed by atoms with Crippen molar-refractivity contribution in [3.8, 4) is 5.75 Å². The lowest BCUT2D eigenvalue weighted by molar-refractivity contribution is -0.117. The Morgan fingerprint density at radius 2 is 1.96 bits per heavy atom. The van der Waals surface area contributed by atoms with E-state index in [1.807, 2.05) is 69.3 Å². The zero-order chi connectivity index (χ0) is 18.5. The van der Waals surface area contributed by atoms with Crippen LogP contribution in [0.4, 0.5) is 0 Å². The van der Waals surface area contributed by atoms with Crippen LogP contribution < -0.4 is 10.1 Å². The monoisotopic (exact) mass is 366 g/mol. The lowest BCUT2D eigenvalue weighted by atomic mass is 10.1. The Bertz CT molecular complexity index is 897. The summed E-state index contributed by atoms with van der Waals surface area (Å²) in [5.41, 5.74) is 1.96. The Morgan fingerprint density at radius 3 is 2.73 bits per heavy atom. The van der Waals surface area contributed by atoms with E-state index in [0.717, 1.165) is 26.5 Å². The number of rotatable bonds is 6. The van der Waals surface area contributed by atoms with Gasteiger partial charge < -0.3 is 10.1 Å². The van der Waals surface area contributed by atoms with Gasteiger partial charge in [0.1, 0.15) is 10.8 Å². The number of nitrogens with one attached hydrogen (secondary N) is 1. The summed E-state index contributed by atoms with van der Waals surface area (Å²) in [6.07, 6.45) is 3.40. The first kappa shape index (κ1) is 18.1. The lowest BCUT2D eigenvalue weighted by Gasteiger charge is -2.15. The van der Waals surface area contributed by atoms with Crippen LogP contribution in [0.1, 0.15) is 37.4 Å². The number of thiazole rings is 1. The van der Waals surface area contributed by atoms with Crippen LogP contribution in [-0.2, 0) is 4.79 Å². The third-order valence-electron chi connectivity index (χ3n) is 3.78. The summed E-state index contributed by atoms with van der Waals surface area (Å²) in [4.78, 5) is 16.7. The standard InChI is InChI=1S/C21H22N2O2S/c1-14(2)25-17-8-6-7-16(13-17)15(3)22-20(24)11-12-21-23-18-9-4-5-10-19(18)26-21/h4-15H,1-3H3,(H,22,24)/b12-11+. The molecule has 2 aromatic carbocycles. The van der Waals surface area contributed by atoms with Crippen molar-refractivity contribution in [1.29, 1.82) is 0 Å². The molecule has 26 heavy (non-hydrogen) atoms. The van der Waals surface area contributed by atoms with Gasteiger partial charge in [-0.15, -0.1) is 11.3 Å². The Balaban J connectivity index is 1.63. The number of carbonyl (C=O) groups is 1. The summed E-state index contributed by atoms with van der Waals surface area (Å²) >= 11 is 1.57. The Morgan fingerprint density at radius 1 is 1.15 bits per heavy atom. The molecule has 0 aliphatic heterocycles. The molecule has 0 saturated carbocycles. The zero-order valence-electron chi connectivity index (χ0n) is 15.1. The highest BCUT2D eigenvalue weighted by molar-refractivity contribution is 7.19. The van der Waals surface area contributed by atoms with Gasteiger partial charge in [0.25, 0.3) is 0 Å². The third kappa shape index (κ3) is 4.70. The average molecular weight is 366 g/mol. The molecule has 3 aromatic rings. The molecule has 0 fully saturated rings. The number of carbonyl (C=O) groups excluding carboxylic acids is 1. The van der Waals surface area contributed by atoms with Gasteiger partial charge >= 0.3 is 0 Å². The van der Waals surface area contributed by atoms with Crippen LogP contribution >= 0.6 is 11.3 Å². The van der Waals surface area contributed by atoms with Crippen LogP contribution in [0.2, 0.25) is 0 Å². The summed E-state index contributed by atoms with van der Waals surface area (Å²) in [5.74, 6) is 0.663. The van der Waals surface area contributed by atoms with Crippen LogP contribution in [0.15, 0.2) is 54.6 Å². The van der Waals surface area contributed by atoms with Crippen LogP contribution in [0.25, 0.3) is 16.3 Å². The molecule has 0 aliphatic rings. The third-order valence-corrected chi connectivity index (χ3v) is 4.78. The molecule has 0 radical (unpaired) electrons. The molecule has 4 nitrogen and oxygen atoms in total. The molecule has 1 atom stereocenters. The molecule has 5 heteroatoms. The van der Waals surface area contributed by atoms with Crippen LogP contribution in [0.5, 0.6) is 5.75 Å². The van der Waals surface area contributed by atoms with E-state index in [2.05, 4.69) is 10.3 Å². The molecule has 1 heterocycles. The van der Waals surface area contributed by atoms with E-state index in [1.165, 1.54) is 6.08 Å². The maximum atomic E-state index is 12.2. The highest BCUT2D eigenvalue weighted by atomic mass is 32.1. The number of para-hydroxylation sites is 1. The van der Waals surface area contributed by atoms with Crippen molar-refractivity contribution < 1.29 is 9.53 Å². The highest BCUT2D eigenvalue weighted by Crippen LogP contribution is 2.23. The summed E-state index contributed by atoms with van der Waals surface area (Å²) in [6.45, 7) is 5.94. The largest absolute Gasteiger partial charge is 0.491 e. The number of ether oxygens (including phenoxy) is 1. The van der Waals surface area contributed by atoms with Gasteiger partial charge in [-0.2, -0.15) is 0 Å². The van der Waals surface area contributed by atoms with Gasteiger partial charge in [0, 0.05) is 6.08 Å². The second kappa shape index (κ2) is 8.15. The van der Waals surface area contributed by atoms with Crippen molar-refractivity contribution in [2.75, 3.05) is 0 Å². The van der Waals surface area contributed by atoms with E-state index in [-0.39, 0.29) is 18.1 Å². The smallest absolute Gasteiger partial charge is 0.244 e. The van der Waals surface area contributed by atoms with Gasteiger partial charge in [-0.05, 0) is 56.7 Å². The number of fused-ring (bicyclic) bond motifs is 1. The van der Waals surface area contributed by atoms with Gasteiger partial charge in [-0.1, -0.05) is 24.3 Å². The van der Waals surface area contributed by atoms with Gasteiger partial charge in [0.2, 0.25) is 5.91 Å². The fourth-order valence-electron chi connectivity index (χ4n) is 2.58. The van der Waals surface area contributed by atoms with Gasteiger partial charge in [0.05, 0.1) is 22.4 Å². The topological polar surface area (TPSA) is 51.2 Å². The summed E-state index contributed by atoms with van der Waals surface area (Å²) in [5, 5.41) is 3.80. The predicted molar refractivity (Wildman–Crippen MR) is 107 cm³/mol. The maximum absolute atomic E-state index is 12.2. The molecule has 1 unspecified atom stereocenters. The van der Waals surface area contributed by atoms with Crippen molar-refractivity contribution in [2.45, 2.75) is 32.9 Å². The van der Waals surface area contributed by atoms with Crippen molar-refractivity contribution in [3.63, 3.8) is 0 Å². The Kier molecular flexibility index (Phi) is 5.68. The summed E-state index contributed by atoms with van der Waals surface area (Å²) in [6, 6.07) is 15.6. The fraction of sp³-hybridized carbons (Fsp3) is 0.238. The molecule has 1 N–H and O–H groups in total. The van der Waals surface area contributed by atoms with Crippen molar-refractivity contribution in [2.24, 2.45) is 0 Å². The fourth-order valence-corrected chi connectivity index (χ4v) is 3.45. The molecule has 1 amide bonds. The molecule has 1 aromatic heterocycles. The van der Waals surface area contributed by atoms with Gasteiger partial charge in [-0.25, -0.2) is 4.98 Å².